The molecule has 2 aromatic rings. The minimum absolute atomic E-state index is 0.184. The zero-order valence-corrected chi connectivity index (χ0v) is 15.6. The number of halogens is 1. The number of rotatable bonds is 3. The van der Waals surface area contributed by atoms with Crippen molar-refractivity contribution >= 4 is 62.2 Å². The zero-order valence-electron chi connectivity index (χ0n) is 13.2. The molecule has 1 N–H and O–H groups in total. The highest BCUT2D eigenvalue weighted by atomic mass is 79.9. The molecule has 126 valence electrons. The fourth-order valence-corrected chi connectivity index (χ4v) is 3.40. The van der Waals surface area contributed by atoms with Crippen LogP contribution < -0.4 is 10.2 Å². The van der Waals surface area contributed by atoms with E-state index in [2.05, 4.69) is 21.2 Å². The summed E-state index contributed by atoms with van der Waals surface area (Å²) in [6, 6.07) is 14.0. The Bertz CT molecular complexity index is 876. The van der Waals surface area contributed by atoms with Crippen LogP contribution in [0.4, 0.5) is 16.2 Å². The summed E-state index contributed by atoms with van der Waals surface area (Å²) in [5, 5.41) is 2.30. The predicted octanol–water partition coefficient (Wildman–Crippen LogP) is 4.65. The van der Waals surface area contributed by atoms with Crippen LogP contribution in [-0.4, -0.2) is 17.1 Å². The monoisotopic (exact) mass is 416 g/mol. The largest absolute Gasteiger partial charge is 0.326 e. The second-order valence-corrected chi connectivity index (χ2v) is 7.21. The number of benzene rings is 2. The molecule has 25 heavy (non-hydrogen) atoms. The Morgan fingerprint density at radius 2 is 1.72 bits per heavy atom. The highest BCUT2D eigenvalue weighted by Gasteiger charge is 2.36. The predicted molar refractivity (Wildman–Crippen MR) is 103 cm³/mol. The molecule has 3 rings (SSSR count). The number of anilines is 2. The van der Waals surface area contributed by atoms with Crippen molar-refractivity contribution in [3.63, 3.8) is 0 Å². The summed E-state index contributed by atoms with van der Waals surface area (Å²) in [7, 11) is 0. The van der Waals surface area contributed by atoms with Crippen molar-refractivity contribution < 1.29 is 14.4 Å². The van der Waals surface area contributed by atoms with Gasteiger partial charge in [-0.2, -0.15) is 0 Å². The number of hydrogen-bond donors (Lipinski definition) is 1. The van der Waals surface area contributed by atoms with E-state index in [1.807, 2.05) is 24.3 Å². The summed E-state index contributed by atoms with van der Waals surface area (Å²) in [6.45, 7) is 1.41. The molecule has 1 aliphatic rings. The van der Waals surface area contributed by atoms with Crippen molar-refractivity contribution in [1.82, 2.24) is 0 Å². The Labute approximate surface area is 157 Å². The van der Waals surface area contributed by atoms with Crippen molar-refractivity contribution in [2.24, 2.45) is 0 Å². The van der Waals surface area contributed by atoms with Gasteiger partial charge in [0.05, 0.1) is 10.6 Å². The third kappa shape index (κ3) is 4.00. The molecule has 2 aromatic carbocycles. The van der Waals surface area contributed by atoms with Gasteiger partial charge in [0.15, 0.2) is 0 Å². The lowest BCUT2D eigenvalue weighted by molar-refractivity contribution is -0.114. The Balaban J connectivity index is 1.83. The van der Waals surface area contributed by atoms with E-state index in [1.165, 1.54) is 6.92 Å². The molecule has 0 aromatic heterocycles. The van der Waals surface area contributed by atoms with Crippen LogP contribution in [-0.2, 0) is 9.59 Å². The lowest BCUT2D eigenvalue weighted by Gasteiger charge is -2.13. The Hall–Kier alpha value is -2.38. The molecule has 1 fully saturated rings. The van der Waals surface area contributed by atoms with Gasteiger partial charge in [-0.05, 0) is 59.8 Å². The summed E-state index contributed by atoms with van der Waals surface area (Å²) >= 11 is 4.27. The highest BCUT2D eigenvalue weighted by molar-refractivity contribution is 9.10. The molecular formula is C18H13BrN2O3S. The van der Waals surface area contributed by atoms with E-state index in [4.69, 9.17) is 0 Å². The van der Waals surface area contributed by atoms with Gasteiger partial charge in [0.25, 0.3) is 11.1 Å². The maximum absolute atomic E-state index is 12.6. The van der Waals surface area contributed by atoms with Gasteiger partial charge in [0.2, 0.25) is 5.91 Å². The number of carbonyl (C=O) groups excluding carboxylic acids is 3. The van der Waals surface area contributed by atoms with Crippen LogP contribution in [0.5, 0.6) is 0 Å². The minimum atomic E-state index is -0.356. The molecule has 0 saturated carbocycles. The third-order valence-electron chi connectivity index (χ3n) is 3.41. The van der Waals surface area contributed by atoms with Crippen molar-refractivity contribution in [1.29, 1.82) is 0 Å². The van der Waals surface area contributed by atoms with Crippen LogP contribution in [0.1, 0.15) is 12.5 Å². The average Bonchev–Trinajstić information content (AvgIpc) is 2.84. The molecule has 0 atom stereocenters. The molecular weight excluding hydrogens is 404 g/mol. The number of amides is 3. The molecule has 3 amide bonds. The van der Waals surface area contributed by atoms with Crippen molar-refractivity contribution in [3.8, 4) is 0 Å². The molecule has 1 aliphatic heterocycles. The molecule has 0 bridgehead atoms. The molecule has 1 heterocycles. The maximum atomic E-state index is 12.6. The smallest absolute Gasteiger partial charge is 0.298 e. The SMILES string of the molecule is CC(=O)Nc1ccc(N2C(=O)S/C(=C\c3ccc(Br)cc3)C2=O)cc1. The first-order chi connectivity index (χ1) is 11.9. The fourth-order valence-electron chi connectivity index (χ4n) is 2.30. The van der Waals surface area contributed by atoms with Crippen LogP contribution in [0, 0.1) is 0 Å². The molecule has 5 nitrogen and oxygen atoms in total. The van der Waals surface area contributed by atoms with E-state index in [-0.39, 0.29) is 17.1 Å². The molecule has 0 spiro atoms. The van der Waals surface area contributed by atoms with Crippen LogP contribution in [0.3, 0.4) is 0 Å². The summed E-state index contributed by atoms with van der Waals surface area (Å²) in [5.41, 5.74) is 1.92. The first-order valence-corrected chi connectivity index (χ1v) is 8.96. The summed E-state index contributed by atoms with van der Waals surface area (Å²) in [5.74, 6) is -0.540. The van der Waals surface area contributed by atoms with E-state index in [0.29, 0.717) is 16.3 Å². The highest BCUT2D eigenvalue weighted by Crippen LogP contribution is 2.36. The number of nitrogens with one attached hydrogen (secondary N) is 1. The fraction of sp³-hybridized carbons (Fsp3) is 0.0556. The molecule has 0 radical (unpaired) electrons. The van der Waals surface area contributed by atoms with Crippen LogP contribution >= 0.6 is 27.7 Å². The summed E-state index contributed by atoms with van der Waals surface area (Å²) in [4.78, 5) is 37.4. The number of hydrogen-bond acceptors (Lipinski definition) is 4. The van der Waals surface area contributed by atoms with Gasteiger partial charge >= 0.3 is 0 Å². The second-order valence-electron chi connectivity index (χ2n) is 5.30. The van der Waals surface area contributed by atoms with Gasteiger partial charge in [0.1, 0.15) is 0 Å². The number of thioether (sulfide) groups is 1. The zero-order chi connectivity index (χ0) is 18.0. The molecule has 0 aliphatic carbocycles. The molecule has 7 heteroatoms. The molecule has 1 saturated heterocycles. The van der Waals surface area contributed by atoms with E-state index in [9.17, 15) is 14.4 Å². The molecule has 0 unspecified atom stereocenters. The van der Waals surface area contributed by atoms with Crippen molar-refractivity contribution in [3.05, 3.63) is 63.5 Å². The van der Waals surface area contributed by atoms with Gasteiger partial charge in [-0.25, -0.2) is 4.90 Å². The van der Waals surface area contributed by atoms with Gasteiger partial charge in [-0.15, -0.1) is 0 Å². The second kappa shape index (κ2) is 7.25. The lowest BCUT2D eigenvalue weighted by atomic mass is 10.2. The van der Waals surface area contributed by atoms with Crippen LogP contribution in [0.2, 0.25) is 0 Å². The van der Waals surface area contributed by atoms with E-state index in [1.54, 1.807) is 30.3 Å². The van der Waals surface area contributed by atoms with E-state index in [0.717, 1.165) is 26.7 Å². The number of nitrogens with zero attached hydrogens (tertiary/aromatic N) is 1. The van der Waals surface area contributed by atoms with Gasteiger partial charge < -0.3 is 5.32 Å². The van der Waals surface area contributed by atoms with E-state index < -0.39 is 0 Å². The lowest BCUT2D eigenvalue weighted by Crippen LogP contribution is -2.27. The topological polar surface area (TPSA) is 66.5 Å². The number of carbonyl (C=O) groups is 3. The van der Waals surface area contributed by atoms with Crippen molar-refractivity contribution in [2.45, 2.75) is 6.92 Å². The normalized spacial score (nSPS) is 15.8. The Morgan fingerprint density at radius 1 is 1.08 bits per heavy atom. The van der Waals surface area contributed by atoms with Gasteiger partial charge in [-0.3, -0.25) is 14.4 Å². The van der Waals surface area contributed by atoms with Crippen LogP contribution in [0.25, 0.3) is 6.08 Å². The number of imide groups is 1. The summed E-state index contributed by atoms with van der Waals surface area (Å²) in [6.07, 6.45) is 1.70. The summed E-state index contributed by atoms with van der Waals surface area (Å²) < 4.78 is 0.942. The van der Waals surface area contributed by atoms with Crippen LogP contribution in [0.15, 0.2) is 57.9 Å². The van der Waals surface area contributed by atoms with Gasteiger partial charge in [-0.1, -0.05) is 28.1 Å². The minimum Gasteiger partial charge on any atom is -0.326 e. The van der Waals surface area contributed by atoms with Gasteiger partial charge in [0, 0.05) is 17.1 Å². The third-order valence-corrected chi connectivity index (χ3v) is 4.81. The van der Waals surface area contributed by atoms with Crippen molar-refractivity contribution in [2.75, 3.05) is 10.2 Å². The first kappa shape index (κ1) is 17.4. The Morgan fingerprint density at radius 3 is 2.32 bits per heavy atom. The standard InChI is InChI=1S/C18H13BrN2O3S/c1-11(22)20-14-6-8-15(9-7-14)21-17(23)16(25-18(21)24)10-12-2-4-13(19)5-3-12/h2-10H,1H3,(H,20,22)/b16-10-. The Kier molecular flexibility index (Phi) is 5.06. The first-order valence-electron chi connectivity index (χ1n) is 7.35. The maximum Gasteiger partial charge on any atom is 0.298 e. The quantitative estimate of drug-likeness (QED) is 0.739. The average molecular weight is 417 g/mol. The van der Waals surface area contributed by atoms with E-state index >= 15 is 0 Å².